The first-order chi connectivity index (χ1) is 8.16. The van der Waals surface area contributed by atoms with Gasteiger partial charge in [0.1, 0.15) is 5.82 Å². The Hall–Kier alpha value is -1.60. The molecule has 0 amide bonds. The zero-order valence-electron chi connectivity index (χ0n) is 9.52. The van der Waals surface area contributed by atoms with Crippen LogP contribution in [0.3, 0.4) is 0 Å². The van der Waals surface area contributed by atoms with E-state index in [0.717, 1.165) is 32.8 Å². The van der Waals surface area contributed by atoms with Crippen molar-refractivity contribution in [3.8, 4) is 0 Å². The largest absolute Gasteiger partial charge is 0.385 e. The van der Waals surface area contributed by atoms with Crippen LogP contribution in [-0.2, 0) is 11.3 Å². The number of anilines is 1. The van der Waals surface area contributed by atoms with Gasteiger partial charge in [0.15, 0.2) is 0 Å². The van der Waals surface area contributed by atoms with Crippen molar-refractivity contribution in [3.63, 3.8) is 0 Å². The molecule has 0 radical (unpaired) electrons. The molecule has 1 aliphatic rings. The predicted molar refractivity (Wildman–Crippen MR) is 63.0 cm³/mol. The summed E-state index contributed by atoms with van der Waals surface area (Å²) in [5.74, 6) is 0.201. The molecule has 0 spiro atoms. The lowest BCUT2D eigenvalue weighted by Crippen LogP contribution is -2.40. The third-order valence-electron chi connectivity index (χ3n) is 2.81. The smallest absolute Gasteiger partial charge is 0.329 e. The van der Waals surface area contributed by atoms with Gasteiger partial charge in [-0.15, -0.1) is 0 Å². The quantitative estimate of drug-likeness (QED) is 0.667. The van der Waals surface area contributed by atoms with E-state index in [-0.39, 0.29) is 5.82 Å². The van der Waals surface area contributed by atoms with Crippen molar-refractivity contribution in [3.05, 3.63) is 26.9 Å². The van der Waals surface area contributed by atoms with E-state index in [1.807, 2.05) is 0 Å². The Morgan fingerprint density at radius 1 is 1.29 bits per heavy atom. The summed E-state index contributed by atoms with van der Waals surface area (Å²) in [5.41, 5.74) is 4.72. The van der Waals surface area contributed by atoms with Crippen molar-refractivity contribution in [2.24, 2.45) is 0 Å². The van der Waals surface area contributed by atoms with Crippen molar-refractivity contribution < 1.29 is 4.74 Å². The summed E-state index contributed by atoms with van der Waals surface area (Å²) in [6.45, 7) is 4.35. The Bertz CT molecular complexity index is 487. The number of morpholine rings is 1. The van der Waals surface area contributed by atoms with Crippen LogP contribution < -0.4 is 17.0 Å². The Kier molecular flexibility index (Phi) is 3.60. The first kappa shape index (κ1) is 11.9. The average molecular weight is 240 g/mol. The third-order valence-corrected chi connectivity index (χ3v) is 2.81. The Morgan fingerprint density at radius 3 is 2.65 bits per heavy atom. The van der Waals surface area contributed by atoms with Crippen LogP contribution >= 0.6 is 0 Å². The summed E-state index contributed by atoms with van der Waals surface area (Å²) in [6.07, 6.45) is 0. The molecule has 1 aromatic heterocycles. The van der Waals surface area contributed by atoms with E-state index in [9.17, 15) is 9.59 Å². The molecule has 3 N–H and O–H groups in total. The van der Waals surface area contributed by atoms with Gasteiger partial charge in [-0.1, -0.05) is 0 Å². The van der Waals surface area contributed by atoms with Gasteiger partial charge in [0.05, 0.1) is 13.2 Å². The zero-order chi connectivity index (χ0) is 12.3. The molecule has 1 fully saturated rings. The molecular weight excluding hydrogens is 224 g/mol. The zero-order valence-corrected chi connectivity index (χ0v) is 9.52. The Morgan fingerprint density at radius 2 is 2.00 bits per heavy atom. The van der Waals surface area contributed by atoms with Gasteiger partial charge >= 0.3 is 5.69 Å². The molecule has 94 valence electrons. The lowest BCUT2D eigenvalue weighted by atomic mass is 10.4. The van der Waals surface area contributed by atoms with Crippen LogP contribution in [0.2, 0.25) is 0 Å². The SMILES string of the molecule is Nc1cc(=O)[nH]c(=O)n1CCN1CCOCC1. The summed E-state index contributed by atoms with van der Waals surface area (Å²) in [6, 6.07) is 1.22. The number of hydrogen-bond donors (Lipinski definition) is 2. The van der Waals surface area contributed by atoms with Gasteiger partial charge in [-0.3, -0.25) is 19.2 Å². The molecule has 0 saturated carbocycles. The molecule has 1 aliphatic heterocycles. The maximum atomic E-state index is 11.5. The highest BCUT2D eigenvalue weighted by molar-refractivity contribution is 5.26. The number of nitrogens with two attached hydrogens (primary N) is 1. The second kappa shape index (κ2) is 5.15. The Balaban J connectivity index is 2.03. The van der Waals surface area contributed by atoms with E-state index in [4.69, 9.17) is 10.5 Å². The lowest BCUT2D eigenvalue weighted by Gasteiger charge is -2.26. The van der Waals surface area contributed by atoms with Gasteiger partial charge in [0.2, 0.25) is 0 Å². The summed E-state index contributed by atoms with van der Waals surface area (Å²) >= 11 is 0. The van der Waals surface area contributed by atoms with E-state index < -0.39 is 11.2 Å². The Labute approximate surface area is 97.8 Å². The van der Waals surface area contributed by atoms with Crippen LogP contribution in [0.1, 0.15) is 0 Å². The van der Waals surface area contributed by atoms with Crippen molar-refractivity contribution in [2.45, 2.75) is 6.54 Å². The molecule has 0 unspecified atom stereocenters. The van der Waals surface area contributed by atoms with Gasteiger partial charge < -0.3 is 10.5 Å². The molecule has 0 bridgehead atoms. The fraction of sp³-hybridized carbons (Fsp3) is 0.600. The van der Waals surface area contributed by atoms with Gasteiger partial charge in [0, 0.05) is 32.2 Å². The lowest BCUT2D eigenvalue weighted by molar-refractivity contribution is 0.0363. The maximum Gasteiger partial charge on any atom is 0.329 e. The van der Waals surface area contributed by atoms with E-state index in [1.165, 1.54) is 10.6 Å². The van der Waals surface area contributed by atoms with Crippen LogP contribution in [-0.4, -0.2) is 47.3 Å². The fourth-order valence-corrected chi connectivity index (χ4v) is 1.84. The second-order valence-electron chi connectivity index (χ2n) is 3.97. The van der Waals surface area contributed by atoms with Crippen LogP contribution in [0.5, 0.6) is 0 Å². The standard InChI is InChI=1S/C10H16N4O3/c11-8-7-9(15)12-10(16)14(8)2-1-13-3-5-17-6-4-13/h7H,1-6,11H2,(H,12,15,16). The molecule has 0 aliphatic carbocycles. The van der Waals surface area contributed by atoms with E-state index in [1.54, 1.807) is 0 Å². The molecular formula is C10H16N4O3. The van der Waals surface area contributed by atoms with Gasteiger partial charge in [-0.05, 0) is 0 Å². The normalized spacial score (nSPS) is 17.2. The van der Waals surface area contributed by atoms with E-state index in [0.29, 0.717) is 6.54 Å². The number of ether oxygens (including phenoxy) is 1. The van der Waals surface area contributed by atoms with E-state index >= 15 is 0 Å². The molecule has 0 aromatic carbocycles. The van der Waals surface area contributed by atoms with E-state index in [2.05, 4.69) is 9.88 Å². The number of H-pyrrole nitrogens is 1. The van der Waals surface area contributed by atoms with Crippen LogP contribution in [0, 0.1) is 0 Å². The highest BCUT2D eigenvalue weighted by atomic mass is 16.5. The summed E-state index contributed by atoms with van der Waals surface area (Å²) in [5, 5.41) is 0. The molecule has 1 aromatic rings. The minimum atomic E-state index is -0.463. The molecule has 2 heterocycles. The first-order valence-corrected chi connectivity index (χ1v) is 5.56. The summed E-state index contributed by atoms with van der Waals surface area (Å²) in [7, 11) is 0. The number of aromatic amines is 1. The van der Waals surface area contributed by atoms with Gasteiger partial charge in [-0.2, -0.15) is 0 Å². The maximum absolute atomic E-state index is 11.5. The van der Waals surface area contributed by atoms with Crippen LogP contribution in [0.4, 0.5) is 5.82 Å². The number of nitrogen functional groups attached to an aromatic ring is 1. The molecule has 7 nitrogen and oxygen atoms in total. The minimum absolute atomic E-state index is 0.201. The number of hydrogen-bond acceptors (Lipinski definition) is 5. The van der Waals surface area contributed by atoms with Crippen molar-refractivity contribution in [2.75, 3.05) is 38.6 Å². The van der Waals surface area contributed by atoms with Crippen molar-refractivity contribution >= 4 is 5.82 Å². The highest BCUT2D eigenvalue weighted by Crippen LogP contribution is 1.98. The molecule has 1 saturated heterocycles. The molecule has 0 atom stereocenters. The predicted octanol–water partition coefficient (Wildman–Crippen LogP) is -1.55. The molecule has 17 heavy (non-hydrogen) atoms. The number of nitrogens with one attached hydrogen (secondary N) is 1. The molecule has 7 heteroatoms. The third kappa shape index (κ3) is 2.95. The monoisotopic (exact) mass is 240 g/mol. The van der Waals surface area contributed by atoms with Gasteiger partial charge in [-0.25, -0.2) is 4.79 Å². The second-order valence-corrected chi connectivity index (χ2v) is 3.97. The fourth-order valence-electron chi connectivity index (χ4n) is 1.84. The van der Waals surface area contributed by atoms with Crippen molar-refractivity contribution in [1.29, 1.82) is 0 Å². The van der Waals surface area contributed by atoms with Crippen molar-refractivity contribution in [1.82, 2.24) is 14.5 Å². The summed E-state index contributed by atoms with van der Waals surface area (Å²) < 4.78 is 6.60. The van der Waals surface area contributed by atoms with Crippen LogP contribution in [0.15, 0.2) is 15.7 Å². The number of aromatic nitrogens is 2. The minimum Gasteiger partial charge on any atom is -0.385 e. The van der Waals surface area contributed by atoms with Gasteiger partial charge in [0.25, 0.3) is 5.56 Å². The number of rotatable bonds is 3. The average Bonchev–Trinajstić information content (AvgIpc) is 2.29. The topological polar surface area (TPSA) is 93.3 Å². The summed E-state index contributed by atoms with van der Waals surface area (Å²) in [4.78, 5) is 26.9. The number of nitrogens with zero attached hydrogens (tertiary/aromatic N) is 2. The first-order valence-electron chi connectivity index (χ1n) is 5.56. The molecule has 2 rings (SSSR count). The van der Waals surface area contributed by atoms with Crippen LogP contribution in [0.25, 0.3) is 0 Å². The highest BCUT2D eigenvalue weighted by Gasteiger charge is 2.11.